The standard InChI is InChI=1S/C20H21N3O2/c1-2-14-23(20(24)17-11-7-4-8-12-17)15-13-18-21-19(22-25-18)16-9-5-3-6-10-16/h3-12H,2,13-15H2,1H3. The second-order valence-corrected chi connectivity index (χ2v) is 5.79. The maximum Gasteiger partial charge on any atom is 0.253 e. The zero-order valence-electron chi connectivity index (χ0n) is 14.3. The Balaban J connectivity index is 1.66. The van der Waals surface area contributed by atoms with E-state index >= 15 is 0 Å². The van der Waals surface area contributed by atoms with Gasteiger partial charge in [-0.05, 0) is 18.6 Å². The first-order valence-electron chi connectivity index (χ1n) is 8.50. The summed E-state index contributed by atoms with van der Waals surface area (Å²) in [5, 5.41) is 4.02. The minimum atomic E-state index is 0.0326. The summed E-state index contributed by atoms with van der Waals surface area (Å²) in [6.07, 6.45) is 1.44. The molecular formula is C20H21N3O2. The van der Waals surface area contributed by atoms with Crippen LogP contribution >= 0.6 is 0 Å². The molecule has 128 valence electrons. The van der Waals surface area contributed by atoms with Crippen molar-refractivity contribution in [3.63, 3.8) is 0 Å². The molecule has 0 N–H and O–H groups in total. The number of hydrogen-bond donors (Lipinski definition) is 0. The van der Waals surface area contributed by atoms with Gasteiger partial charge in [-0.15, -0.1) is 0 Å². The third-order valence-corrected chi connectivity index (χ3v) is 3.90. The second kappa shape index (κ2) is 8.24. The van der Waals surface area contributed by atoms with Gasteiger partial charge < -0.3 is 9.42 Å². The lowest BCUT2D eigenvalue weighted by Gasteiger charge is -2.21. The predicted molar refractivity (Wildman–Crippen MR) is 96.1 cm³/mol. The first-order valence-corrected chi connectivity index (χ1v) is 8.50. The molecule has 5 nitrogen and oxygen atoms in total. The van der Waals surface area contributed by atoms with E-state index in [9.17, 15) is 4.79 Å². The van der Waals surface area contributed by atoms with Crippen LogP contribution in [0.3, 0.4) is 0 Å². The highest BCUT2D eigenvalue weighted by atomic mass is 16.5. The Morgan fingerprint density at radius 2 is 1.68 bits per heavy atom. The summed E-state index contributed by atoms with van der Waals surface area (Å²) in [5.74, 6) is 1.15. The number of hydrogen-bond acceptors (Lipinski definition) is 4. The molecule has 1 amide bonds. The van der Waals surface area contributed by atoms with E-state index in [0.29, 0.717) is 36.8 Å². The van der Waals surface area contributed by atoms with Crippen LogP contribution in [0.1, 0.15) is 29.6 Å². The Bertz CT molecular complexity index is 800. The molecule has 25 heavy (non-hydrogen) atoms. The largest absolute Gasteiger partial charge is 0.339 e. The van der Waals surface area contributed by atoms with Gasteiger partial charge >= 0.3 is 0 Å². The van der Waals surface area contributed by atoms with Gasteiger partial charge in [0.15, 0.2) is 0 Å². The minimum Gasteiger partial charge on any atom is -0.339 e. The van der Waals surface area contributed by atoms with Gasteiger partial charge in [0.25, 0.3) is 5.91 Å². The first-order chi connectivity index (χ1) is 12.3. The number of amides is 1. The molecule has 0 atom stereocenters. The van der Waals surface area contributed by atoms with Crippen molar-refractivity contribution in [3.05, 3.63) is 72.1 Å². The topological polar surface area (TPSA) is 59.2 Å². The second-order valence-electron chi connectivity index (χ2n) is 5.79. The van der Waals surface area contributed by atoms with Crippen LogP contribution in [0.15, 0.2) is 65.2 Å². The summed E-state index contributed by atoms with van der Waals surface area (Å²) in [5.41, 5.74) is 1.62. The monoisotopic (exact) mass is 335 g/mol. The van der Waals surface area contributed by atoms with E-state index in [-0.39, 0.29) is 5.91 Å². The van der Waals surface area contributed by atoms with Gasteiger partial charge in [-0.25, -0.2) is 0 Å². The molecule has 2 aromatic carbocycles. The van der Waals surface area contributed by atoms with Gasteiger partial charge in [-0.3, -0.25) is 4.79 Å². The van der Waals surface area contributed by atoms with Crippen molar-refractivity contribution in [1.82, 2.24) is 15.0 Å². The molecule has 0 saturated carbocycles. The van der Waals surface area contributed by atoms with E-state index < -0.39 is 0 Å². The fraction of sp³-hybridized carbons (Fsp3) is 0.250. The van der Waals surface area contributed by atoms with E-state index in [2.05, 4.69) is 17.1 Å². The molecule has 0 unspecified atom stereocenters. The summed E-state index contributed by atoms with van der Waals surface area (Å²) in [6.45, 7) is 3.32. The molecule has 0 aliphatic carbocycles. The molecule has 3 aromatic rings. The predicted octanol–water partition coefficient (Wildman–Crippen LogP) is 3.83. The maximum absolute atomic E-state index is 12.6. The quantitative estimate of drug-likeness (QED) is 0.658. The third kappa shape index (κ3) is 4.32. The highest BCUT2D eigenvalue weighted by Gasteiger charge is 2.16. The van der Waals surface area contributed by atoms with Crippen molar-refractivity contribution < 1.29 is 9.32 Å². The van der Waals surface area contributed by atoms with Gasteiger partial charge in [-0.2, -0.15) is 4.98 Å². The highest BCUT2D eigenvalue weighted by molar-refractivity contribution is 5.94. The maximum atomic E-state index is 12.6. The molecule has 0 radical (unpaired) electrons. The van der Waals surface area contributed by atoms with E-state index in [0.717, 1.165) is 12.0 Å². The molecule has 3 rings (SSSR count). The van der Waals surface area contributed by atoms with Crippen LogP contribution in [0, 0.1) is 0 Å². The van der Waals surface area contributed by atoms with Crippen molar-refractivity contribution in [2.45, 2.75) is 19.8 Å². The van der Waals surface area contributed by atoms with Crippen molar-refractivity contribution in [2.75, 3.05) is 13.1 Å². The molecule has 0 saturated heterocycles. The number of aromatic nitrogens is 2. The Hall–Kier alpha value is -2.95. The lowest BCUT2D eigenvalue weighted by molar-refractivity contribution is 0.0754. The van der Waals surface area contributed by atoms with Gasteiger partial charge in [0.05, 0.1) is 0 Å². The lowest BCUT2D eigenvalue weighted by Crippen LogP contribution is -2.33. The highest BCUT2D eigenvalue weighted by Crippen LogP contribution is 2.15. The Labute approximate surface area is 147 Å². The summed E-state index contributed by atoms with van der Waals surface area (Å²) in [7, 11) is 0. The van der Waals surface area contributed by atoms with E-state index in [1.165, 1.54) is 0 Å². The molecular weight excluding hydrogens is 314 g/mol. The van der Waals surface area contributed by atoms with Crippen molar-refractivity contribution >= 4 is 5.91 Å². The number of carbonyl (C=O) groups excluding carboxylic acids is 1. The average molecular weight is 335 g/mol. The molecule has 0 bridgehead atoms. The van der Waals surface area contributed by atoms with Crippen LogP contribution in [-0.4, -0.2) is 34.0 Å². The van der Waals surface area contributed by atoms with Gasteiger partial charge in [-0.1, -0.05) is 60.6 Å². The van der Waals surface area contributed by atoms with Crippen molar-refractivity contribution in [1.29, 1.82) is 0 Å². The van der Waals surface area contributed by atoms with Crippen LogP contribution < -0.4 is 0 Å². The molecule has 1 aromatic heterocycles. The van der Waals surface area contributed by atoms with Crippen LogP contribution in [0.2, 0.25) is 0 Å². The SMILES string of the molecule is CCCN(CCc1nc(-c2ccccc2)no1)C(=O)c1ccccc1. The average Bonchev–Trinajstić information content (AvgIpc) is 3.15. The fourth-order valence-corrected chi connectivity index (χ4v) is 2.64. The van der Waals surface area contributed by atoms with Gasteiger partial charge in [0, 0.05) is 30.6 Å². The van der Waals surface area contributed by atoms with Crippen molar-refractivity contribution in [3.8, 4) is 11.4 Å². The summed E-state index contributed by atoms with van der Waals surface area (Å²) >= 11 is 0. The van der Waals surface area contributed by atoms with Crippen LogP contribution in [0.25, 0.3) is 11.4 Å². The number of benzene rings is 2. The van der Waals surface area contributed by atoms with Crippen LogP contribution in [0.4, 0.5) is 0 Å². The molecule has 0 aliphatic rings. The fourth-order valence-electron chi connectivity index (χ4n) is 2.64. The zero-order valence-corrected chi connectivity index (χ0v) is 14.3. The molecule has 0 aliphatic heterocycles. The summed E-state index contributed by atoms with van der Waals surface area (Å²) < 4.78 is 5.33. The van der Waals surface area contributed by atoms with E-state index in [1.807, 2.05) is 65.6 Å². The van der Waals surface area contributed by atoms with E-state index in [4.69, 9.17) is 4.52 Å². The molecule has 0 spiro atoms. The van der Waals surface area contributed by atoms with E-state index in [1.54, 1.807) is 0 Å². The Kier molecular flexibility index (Phi) is 5.57. The number of rotatable bonds is 7. The molecule has 0 fully saturated rings. The van der Waals surface area contributed by atoms with Crippen LogP contribution in [-0.2, 0) is 6.42 Å². The first kappa shape index (κ1) is 16.9. The van der Waals surface area contributed by atoms with Crippen LogP contribution in [0.5, 0.6) is 0 Å². The third-order valence-electron chi connectivity index (χ3n) is 3.90. The Morgan fingerprint density at radius 3 is 2.36 bits per heavy atom. The molecule has 1 heterocycles. The number of carbonyl (C=O) groups is 1. The van der Waals surface area contributed by atoms with Crippen molar-refractivity contribution in [2.24, 2.45) is 0 Å². The smallest absolute Gasteiger partial charge is 0.253 e. The normalized spacial score (nSPS) is 10.6. The summed E-state index contributed by atoms with van der Waals surface area (Å²) in [6, 6.07) is 19.0. The zero-order chi connectivity index (χ0) is 17.5. The lowest BCUT2D eigenvalue weighted by atomic mass is 10.2. The minimum absolute atomic E-state index is 0.0326. The number of nitrogens with zero attached hydrogens (tertiary/aromatic N) is 3. The van der Waals surface area contributed by atoms with Gasteiger partial charge in [0.2, 0.25) is 11.7 Å². The molecule has 5 heteroatoms. The Morgan fingerprint density at radius 1 is 1.00 bits per heavy atom. The summed E-state index contributed by atoms with van der Waals surface area (Å²) in [4.78, 5) is 18.9. The van der Waals surface area contributed by atoms with Gasteiger partial charge in [0.1, 0.15) is 0 Å².